The van der Waals surface area contributed by atoms with Crippen molar-refractivity contribution in [2.75, 3.05) is 17.3 Å². The Labute approximate surface area is 171 Å². The van der Waals surface area contributed by atoms with Crippen LogP contribution in [0.15, 0.2) is 54.6 Å². The number of H-pyrrole nitrogens is 1. The molecule has 9 heteroatoms. The van der Waals surface area contributed by atoms with E-state index in [1.807, 2.05) is 37.3 Å². The third-order valence-corrected chi connectivity index (χ3v) is 4.43. The highest BCUT2D eigenvalue weighted by Gasteiger charge is 2.19. The Hall–Kier alpha value is -4.01. The van der Waals surface area contributed by atoms with Gasteiger partial charge in [0.2, 0.25) is 0 Å². The minimum atomic E-state index is -0.601. The van der Waals surface area contributed by atoms with Crippen molar-refractivity contribution >= 4 is 34.3 Å². The molecule has 1 amide bonds. The van der Waals surface area contributed by atoms with Crippen LogP contribution in [0.1, 0.15) is 11.5 Å². The quantitative estimate of drug-likeness (QED) is 0.513. The first-order valence-electron chi connectivity index (χ1n) is 9.19. The van der Waals surface area contributed by atoms with E-state index >= 15 is 0 Å². The number of rotatable bonds is 5. The van der Waals surface area contributed by atoms with Gasteiger partial charge in [0.05, 0.1) is 19.2 Å². The molecule has 152 valence electrons. The van der Waals surface area contributed by atoms with Gasteiger partial charge in [-0.1, -0.05) is 12.1 Å². The minimum Gasteiger partial charge on any atom is -0.452 e. The second-order valence-electron chi connectivity index (χ2n) is 6.60. The number of nitrogens with zero attached hydrogens (tertiary/aromatic N) is 4. The molecule has 4 aromatic rings. The summed E-state index contributed by atoms with van der Waals surface area (Å²) in [6.45, 7) is 1.94. The van der Waals surface area contributed by atoms with E-state index in [0.29, 0.717) is 28.7 Å². The van der Waals surface area contributed by atoms with Gasteiger partial charge in [-0.05, 0) is 43.3 Å². The molecule has 0 aliphatic carbocycles. The number of fused-ring (bicyclic) bond motifs is 1. The number of para-hydroxylation sites is 1. The number of hydrogen-bond donors (Lipinski definition) is 2. The summed E-state index contributed by atoms with van der Waals surface area (Å²) in [5.74, 6) is 1.17. The third-order valence-electron chi connectivity index (χ3n) is 4.43. The Bertz CT molecular complexity index is 1190. The first-order valence-corrected chi connectivity index (χ1v) is 9.19. The summed E-state index contributed by atoms with van der Waals surface area (Å²) in [6, 6.07) is 14.9. The Balaban J connectivity index is 1.73. The molecule has 0 saturated carbocycles. The summed E-state index contributed by atoms with van der Waals surface area (Å²) in [5, 5.41) is 11.1. The Morgan fingerprint density at radius 3 is 2.63 bits per heavy atom. The zero-order valence-electron chi connectivity index (χ0n) is 16.4. The van der Waals surface area contributed by atoms with Gasteiger partial charge in [0.1, 0.15) is 11.6 Å². The number of ether oxygens (including phenoxy) is 1. The maximum atomic E-state index is 13.3. The van der Waals surface area contributed by atoms with Gasteiger partial charge >= 0.3 is 6.09 Å². The number of halogens is 1. The standard InChI is InChI=1S/C21H19FN6O2/c1-13-11-18(27-26-13)24-20-16-5-3-4-6-17(16)23-19(25-20)12-28(21(29)30-2)15-9-7-14(22)8-10-15/h3-11H,12H2,1-2H3,(H2,23,24,25,26,27). The van der Waals surface area contributed by atoms with E-state index in [1.54, 1.807) is 0 Å². The highest BCUT2D eigenvalue weighted by Crippen LogP contribution is 2.25. The van der Waals surface area contributed by atoms with Crippen LogP contribution in [0.4, 0.5) is 26.5 Å². The summed E-state index contributed by atoms with van der Waals surface area (Å²) < 4.78 is 18.2. The number of methoxy groups -OCH3 is 1. The molecule has 2 aromatic carbocycles. The van der Waals surface area contributed by atoms with Crippen molar-refractivity contribution in [2.45, 2.75) is 13.5 Å². The van der Waals surface area contributed by atoms with E-state index in [-0.39, 0.29) is 6.54 Å². The zero-order valence-corrected chi connectivity index (χ0v) is 16.4. The van der Waals surface area contributed by atoms with Gasteiger partial charge in [0, 0.05) is 22.8 Å². The molecule has 0 radical (unpaired) electrons. The lowest BCUT2D eigenvalue weighted by Gasteiger charge is -2.21. The Morgan fingerprint density at radius 2 is 1.93 bits per heavy atom. The van der Waals surface area contributed by atoms with Crippen molar-refractivity contribution in [3.63, 3.8) is 0 Å². The SMILES string of the molecule is COC(=O)N(Cc1nc(Nc2cc(C)[nH]n2)c2ccccc2n1)c1ccc(F)cc1. The lowest BCUT2D eigenvalue weighted by Crippen LogP contribution is -2.31. The number of nitrogens with one attached hydrogen (secondary N) is 2. The lowest BCUT2D eigenvalue weighted by atomic mass is 10.2. The summed E-state index contributed by atoms with van der Waals surface area (Å²) in [7, 11) is 1.28. The molecule has 0 saturated heterocycles. The number of anilines is 3. The van der Waals surface area contributed by atoms with Crippen LogP contribution in [0.2, 0.25) is 0 Å². The van der Waals surface area contributed by atoms with E-state index in [2.05, 4.69) is 25.5 Å². The van der Waals surface area contributed by atoms with Crippen molar-refractivity contribution in [2.24, 2.45) is 0 Å². The fraction of sp³-hybridized carbons (Fsp3) is 0.143. The first kappa shape index (κ1) is 19.3. The molecule has 2 aromatic heterocycles. The minimum absolute atomic E-state index is 0.0391. The highest BCUT2D eigenvalue weighted by atomic mass is 19.1. The second-order valence-corrected chi connectivity index (χ2v) is 6.60. The fourth-order valence-electron chi connectivity index (χ4n) is 3.03. The highest BCUT2D eigenvalue weighted by molar-refractivity contribution is 5.91. The number of carbonyl (C=O) groups excluding carboxylic acids is 1. The summed E-state index contributed by atoms with van der Waals surface area (Å²) in [6.07, 6.45) is -0.601. The maximum Gasteiger partial charge on any atom is 0.414 e. The van der Waals surface area contributed by atoms with E-state index in [1.165, 1.54) is 36.3 Å². The number of amides is 1. The van der Waals surface area contributed by atoms with Crippen LogP contribution < -0.4 is 10.2 Å². The molecule has 4 rings (SSSR count). The Morgan fingerprint density at radius 1 is 1.17 bits per heavy atom. The van der Waals surface area contributed by atoms with Crippen molar-refractivity contribution in [1.29, 1.82) is 0 Å². The van der Waals surface area contributed by atoms with Crippen molar-refractivity contribution in [3.8, 4) is 0 Å². The first-order chi connectivity index (χ1) is 14.5. The fourth-order valence-corrected chi connectivity index (χ4v) is 3.03. The zero-order chi connectivity index (χ0) is 21.1. The van der Waals surface area contributed by atoms with Crippen LogP contribution in [0.5, 0.6) is 0 Å². The summed E-state index contributed by atoms with van der Waals surface area (Å²) in [4.78, 5) is 22.9. The average Bonchev–Trinajstić information content (AvgIpc) is 3.17. The molecule has 2 heterocycles. The van der Waals surface area contributed by atoms with Crippen LogP contribution in [-0.4, -0.2) is 33.4 Å². The number of aryl methyl sites for hydroxylation is 1. The molecule has 0 fully saturated rings. The molecule has 30 heavy (non-hydrogen) atoms. The van der Waals surface area contributed by atoms with E-state index in [0.717, 1.165) is 11.1 Å². The largest absolute Gasteiger partial charge is 0.452 e. The average molecular weight is 406 g/mol. The van der Waals surface area contributed by atoms with Gasteiger partial charge in [-0.15, -0.1) is 0 Å². The smallest absolute Gasteiger partial charge is 0.414 e. The van der Waals surface area contributed by atoms with E-state index in [4.69, 9.17) is 4.74 Å². The molecular weight excluding hydrogens is 387 g/mol. The number of carbonyl (C=O) groups is 1. The predicted molar refractivity (Wildman–Crippen MR) is 111 cm³/mol. The predicted octanol–water partition coefficient (Wildman–Crippen LogP) is 4.32. The molecule has 2 N–H and O–H groups in total. The molecular formula is C21H19FN6O2. The van der Waals surface area contributed by atoms with Gasteiger partial charge in [-0.2, -0.15) is 5.10 Å². The number of hydrogen-bond acceptors (Lipinski definition) is 6. The van der Waals surface area contributed by atoms with E-state index < -0.39 is 11.9 Å². The molecule has 0 bridgehead atoms. The van der Waals surface area contributed by atoms with Crippen LogP contribution in [-0.2, 0) is 11.3 Å². The molecule has 0 unspecified atom stereocenters. The molecule has 8 nitrogen and oxygen atoms in total. The van der Waals surface area contributed by atoms with Crippen molar-refractivity contribution in [1.82, 2.24) is 20.2 Å². The molecule has 0 aliphatic heterocycles. The summed E-state index contributed by atoms with van der Waals surface area (Å²) in [5.41, 5.74) is 2.09. The van der Waals surface area contributed by atoms with Crippen LogP contribution in [0.3, 0.4) is 0 Å². The van der Waals surface area contributed by atoms with Crippen LogP contribution >= 0.6 is 0 Å². The van der Waals surface area contributed by atoms with Crippen LogP contribution in [0, 0.1) is 12.7 Å². The number of benzene rings is 2. The monoisotopic (exact) mass is 406 g/mol. The third kappa shape index (κ3) is 4.04. The molecule has 0 atom stereocenters. The lowest BCUT2D eigenvalue weighted by molar-refractivity contribution is 0.178. The van der Waals surface area contributed by atoms with Crippen LogP contribution in [0.25, 0.3) is 10.9 Å². The van der Waals surface area contributed by atoms with Gasteiger partial charge in [0.15, 0.2) is 11.6 Å². The number of aromatic nitrogens is 4. The molecule has 0 aliphatic rings. The maximum absolute atomic E-state index is 13.3. The van der Waals surface area contributed by atoms with Gasteiger partial charge in [-0.25, -0.2) is 19.2 Å². The van der Waals surface area contributed by atoms with Crippen molar-refractivity contribution < 1.29 is 13.9 Å². The number of aromatic amines is 1. The van der Waals surface area contributed by atoms with Gasteiger partial charge in [-0.3, -0.25) is 10.00 Å². The normalized spacial score (nSPS) is 10.8. The van der Waals surface area contributed by atoms with Gasteiger partial charge in [0.25, 0.3) is 0 Å². The molecule has 0 spiro atoms. The second kappa shape index (κ2) is 8.16. The van der Waals surface area contributed by atoms with Crippen molar-refractivity contribution in [3.05, 3.63) is 71.9 Å². The Kier molecular flexibility index (Phi) is 5.25. The summed E-state index contributed by atoms with van der Waals surface area (Å²) >= 11 is 0. The van der Waals surface area contributed by atoms with Gasteiger partial charge < -0.3 is 10.1 Å². The topological polar surface area (TPSA) is 96.0 Å². The van der Waals surface area contributed by atoms with E-state index in [9.17, 15) is 9.18 Å².